The predicted octanol–water partition coefficient (Wildman–Crippen LogP) is 2.48. The minimum absolute atomic E-state index is 0. The molecule has 0 heterocycles. The molecule has 0 bridgehead atoms. The van der Waals surface area contributed by atoms with Gasteiger partial charge in [-0.3, -0.25) is 4.39 Å². The molecule has 0 saturated heterocycles. The van der Waals surface area contributed by atoms with E-state index in [1.807, 2.05) is 24.3 Å². The number of hydrogen-bond donors (Lipinski definition) is 1. The van der Waals surface area contributed by atoms with Crippen LogP contribution in [0.2, 0.25) is 0 Å². The molecule has 0 spiro atoms. The third-order valence-electron chi connectivity index (χ3n) is 1.96. The molecule has 1 aromatic rings. The van der Waals surface area contributed by atoms with Crippen molar-refractivity contribution < 1.29 is 9.13 Å². The largest absolute Gasteiger partial charge is 0.496 e. The Hall–Kier alpha value is -0.800. The fourth-order valence-corrected chi connectivity index (χ4v) is 1.25. The van der Waals surface area contributed by atoms with Gasteiger partial charge in [0.15, 0.2) is 0 Å². The first-order valence-corrected chi connectivity index (χ1v) is 4.24. The number of benzene rings is 1. The third kappa shape index (κ3) is 3.16. The van der Waals surface area contributed by atoms with Crippen LogP contribution in [0.15, 0.2) is 24.3 Å². The van der Waals surface area contributed by atoms with Gasteiger partial charge in [0.05, 0.1) is 13.8 Å². The maximum Gasteiger partial charge on any atom is 0.123 e. The fourth-order valence-electron chi connectivity index (χ4n) is 1.25. The van der Waals surface area contributed by atoms with Crippen LogP contribution in [0.5, 0.6) is 5.75 Å². The van der Waals surface area contributed by atoms with Crippen LogP contribution in [0.1, 0.15) is 18.0 Å². The minimum atomic E-state index is -0.404. The molecule has 80 valence electrons. The number of alkyl halides is 1. The molecular weight excluding hydrogens is 205 g/mol. The van der Waals surface area contributed by atoms with Crippen LogP contribution < -0.4 is 10.5 Å². The molecule has 4 heteroatoms. The smallest absolute Gasteiger partial charge is 0.123 e. The van der Waals surface area contributed by atoms with E-state index >= 15 is 0 Å². The lowest BCUT2D eigenvalue weighted by atomic mass is 10.0. The summed E-state index contributed by atoms with van der Waals surface area (Å²) in [6.45, 7) is -0.404. The summed E-state index contributed by atoms with van der Waals surface area (Å²) in [4.78, 5) is 0. The Labute approximate surface area is 89.7 Å². The Morgan fingerprint density at radius 2 is 2.07 bits per heavy atom. The van der Waals surface area contributed by atoms with Gasteiger partial charge in [0.1, 0.15) is 5.75 Å². The normalized spacial score (nSPS) is 11.6. The number of ether oxygens (including phenoxy) is 1. The fraction of sp³-hybridized carbons (Fsp3) is 0.400. The predicted molar refractivity (Wildman–Crippen MR) is 57.8 cm³/mol. The van der Waals surface area contributed by atoms with Gasteiger partial charge < -0.3 is 10.5 Å². The lowest BCUT2D eigenvalue weighted by Gasteiger charge is -2.13. The number of methoxy groups -OCH3 is 1. The Morgan fingerprint density at radius 1 is 1.43 bits per heavy atom. The van der Waals surface area contributed by atoms with Gasteiger partial charge in [0.2, 0.25) is 0 Å². The Bertz CT molecular complexity index is 270. The summed E-state index contributed by atoms with van der Waals surface area (Å²) in [5.74, 6) is 0.725. The van der Waals surface area contributed by atoms with Crippen molar-refractivity contribution in [1.82, 2.24) is 0 Å². The zero-order valence-corrected chi connectivity index (χ0v) is 8.89. The molecule has 1 aromatic carbocycles. The van der Waals surface area contributed by atoms with Crippen LogP contribution in [0.25, 0.3) is 0 Å². The average Bonchev–Trinajstić information content (AvgIpc) is 2.18. The molecule has 1 rings (SSSR count). The molecule has 0 aliphatic heterocycles. The highest BCUT2D eigenvalue weighted by Gasteiger charge is 2.10. The van der Waals surface area contributed by atoms with Gasteiger partial charge in [-0.25, -0.2) is 0 Å². The van der Waals surface area contributed by atoms with E-state index < -0.39 is 6.67 Å². The number of nitrogens with two attached hydrogens (primary N) is 1. The van der Waals surface area contributed by atoms with Gasteiger partial charge in [-0.15, -0.1) is 12.4 Å². The molecule has 14 heavy (non-hydrogen) atoms. The van der Waals surface area contributed by atoms with Gasteiger partial charge in [-0.05, 0) is 12.5 Å². The van der Waals surface area contributed by atoms with Crippen LogP contribution in [-0.2, 0) is 0 Å². The van der Waals surface area contributed by atoms with Crippen molar-refractivity contribution in [1.29, 1.82) is 0 Å². The molecule has 0 radical (unpaired) electrons. The van der Waals surface area contributed by atoms with E-state index in [0.29, 0.717) is 6.42 Å². The Kier molecular flexibility index (Phi) is 6.25. The second-order valence-electron chi connectivity index (χ2n) is 2.83. The Morgan fingerprint density at radius 3 is 2.64 bits per heavy atom. The molecule has 0 aromatic heterocycles. The first kappa shape index (κ1) is 13.2. The van der Waals surface area contributed by atoms with E-state index in [1.54, 1.807) is 7.11 Å². The van der Waals surface area contributed by atoms with E-state index in [0.717, 1.165) is 11.3 Å². The lowest BCUT2D eigenvalue weighted by molar-refractivity contribution is 0.395. The number of para-hydroxylation sites is 1. The van der Waals surface area contributed by atoms with E-state index in [4.69, 9.17) is 10.5 Å². The average molecular weight is 220 g/mol. The van der Waals surface area contributed by atoms with Gasteiger partial charge >= 0.3 is 0 Å². The molecule has 0 saturated carbocycles. The van der Waals surface area contributed by atoms with Gasteiger partial charge in [-0.2, -0.15) is 0 Å². The first-order chi connectivity index (χ1) is 6.29. The van der Waals surface area contributed by atoms with Crippen LogP contribution >= 0.6 is 12.4 Å². The first-order valence-electron chi connectivity index (χ1n) is 4.24. The van der Waals surface area contributed by atoms with Crippen LogP contribution in [0, 0.1) is 0 Å². The SMILES string of the molecule is COc1ccccc1[C@H](N)CCF.Cl. The number of hydrogen-bond acceptors (Lipinski definition) is 2. The lowest BCUT2D eigenvalue weighted by Crippen LogP contribution is -2.12. The van der Waals surface area contributed by atoms with E-state index in [-0.39, 0.29) is 18.4 Å². The molecule has 0 aliphatic rings. The molecule has 0 amide bonds. The van der Waals surface area contributed by atoms with E-state index in [2.05, 4.69) is 0 Å². The summed E-state index contributed by atoms with van der Waals surface area (Å²) < 4.78 is 17.2. The number of halogens is 2. The van der Waals surface area contributed by atoms with Crippen LogP contribution in [0.4, 0.5) is 4.39 Å². The van der Waals surface area contributed by atoms with Crippen molar-refractivity contribution in [2.45, 2.75) is 12.5 Å². The highest BCUT2D eigenvalue weighted by molar-refractivity contribution is 5.85. The summed E-state index contributed by atoms with van der Waals surface area (Å²) in [7, 11) is 1.58. The second kappa shape index (κ2) is 6.62. The standard InChI is InChI=1S/C10H14FNO.ClH/c1-13-10-5-3-2-4-8(10)9(12)6-7-11;/h2-5,9H,6-7,12H2,1H3;1H/t9-;/m1./s1. The maximum atomic E-state index is 12.0. The molecular formula is C10H15ClFNO. The van der Waals surface area contributed by atoms with Crippen molar-refractivity contribution in [3.8, 4) is 5.75 Å². The molecule has 0 fully saturated rings. The van der Waals surface area contributed by atoms with Crippen molar-refractivity contribution in [2.75, 3.05) is 13.8 Å². The highest BCUT2D eigenvalue weighted by atomic mass is 35.5. The molecule has 1 atom stereocenters. The molecule has 0 unspecified atom stereocenters. The Balaban J connectivity index is 0.00000169. The summed E-state index contributed by atoms with van der Waals surface area (Å²) in [5.41, 5.74) is 6.63. The zero-order chi connectivity index (χ0) is 9.68. The summed E-state index contributed by atoms with van der Waals surface area (Å²) in [6, 6.07) is 7.15. The maximum absolute atomic E-state index is 12.0. The molecule has 2 nitrogen and oxygen atoms in total. The minimum Gasteiger partial charge on any atom is -0.496 e. The van der Waals surface area contributed by atoms with Crippen LogP contribution in [0.3, 0.4) is 0 Å². The zero-order valence-electron chi connectivity index (χ0n) is 8.07. The van der Waals surface area contributed by atoms with Crippen molar-refractivity contribution in [2.24, 2.45) is 5.73 Å². The van der Waals surface area contributed by atoms with Crippen molar-refractivity contribution in [3.05, 3.63) is 29.8 Å². The second-order valence-corrected chi connectivity index (χ2v) is 2.83. The summed E-state index contributed by atoms with van der Waals surface area (Å²) in [5, 5.41) is 0. The van der Waals surface area contributed by atoms with E-state index in [9.17, 15) is 4.39 Å². The summed E-state index contributed by atoms with van der Waals surface area (Å²) >= 11 is 0. The molecule has 2 N–H and O–H groups in total. The van der Waals surface area contributed by atoms with E-state index in [1.165, 1.54) is 0 Å². The monoisotopic (exact) mass is 219 g/mol. The van der Waals surface area contributed by atoms with Crippen molar-refractivity contribution >= 4 is 12.4 Å². The topological polar surface area (TPSA) is 35.2 Å². The third-order valence-corrected chi connectivity index (χ3v) is 1.96. The molecule has 0 aliphatic carbocycles. The van der Waals surface area contributed by atoms with Gasteiger partial charge in [0.25, 0.3) is 0 Å². The number of rotatable bonds is 4. The quantitative estimate of drug-likeness (QED) is 0.845. The van der Waals surface area contributed by atoms with Crippen molar-refractivity contribution in [3.63, 3.8) is 0 Å². The summed E-state index contributed by atoms with van der Waals surface area (Å²) in [6.07, 6.45) is 0.334. The highest BCUT2D eigenvalue weighted by Crippen LogP contribution is 2.24. The van der Waals surface area contributed by atoms with Crippen LogP contribution in [-0.4, -0.2) is 13.8 Å². The van der Waals surface area contributed by atoms with Gasteiger partial charge in [0, 0.05) is 11.6 Å². The van der Waals surface area contributed by atoms with Gasteiger partial charge in [-0.1, -0.05) is 18.2 Å².